The summed E-state index contributed by atoms with van der Waals surface area (Å²) in [7, 11) is 0. The number of ether oxygens (including phenoxy) is 1. The predicted molar refractivity (Wildman–Crippen MR) is 98.4 cm³/mol. The van der Waals surface area contributed by atoms with E-state index in [1.54, 1.807) is 0 Å². The predicted octanol–water partition coefficient (Wildman–Crippen LogP) is 2.22. The van der Waals surface area contributed by atoms with Crippen LogP contribution < -0.4 is 10.7 Å². The molecule has 0 unspecified atom stereocenters. The van der Waals surface area contributed by atoms with Crippen LogP contribution in [0.3, 0.4) is 0 Å². The molecule has 0 aliphatic rings. The minimum absolute atomic E-state index is 0.155. The van der Waals surface area contributed by atoms with Gasteiger partial charge in [-0.1, -0.05) is 42.5 Å². The van der Waals surface area contributed by atoms with E-state index < -0.39 is 11.8 Å². The lowest BCUT2D eigenvalue weighted by Crippen LogP contribution is -2.38. The van der Waals surface area contributed by atoms with Gasteiger partial charge in [-0.2, -0.15) is 5.10 Å². The minimum atomic E-state index is -0.790. The summed E-state index contributed by atoms with van der Waals surface area (Å²) in [4.78, 5) is 23.4. The lowest BCUT2D eigenvalue weighted by molar-refractivity contribution is -0.139. The highest BCUT2D eigenvalue weighted by molar-refractivity contribution is 6.35. The second-order valence-corrected chi connectivity index (χ2v) is 5.80. The highest BCUT2D eigenvalue weighted by Gasteiger charge is 2.11. The zero-order chi connectivity index (χ0) is 18.1. The van der Waals surface area contributed by atoms with E-state index in [1.165, 1.54) is 6.21 Å². The largest absolute Gasteiger partial charge is 0.379 e. The van der Waals surface area contributed by atoms with Gasteiger partial charge in [0.05, 0.1) is 12.3 Å². The zero-order valence-corrected chi connectivity index (χ0v) is 14.5. The fourth-order valence-electron chi connectivity index (χ4n) is 2.25. The Hall–Kier alpha value is -2.73. The van der Waals surface area contributed by atoms with Crippen LogP contribution in [0.1, 0.15) is 25.8 Å². The first kappa shape index (κ1) is 18.6. The van der Waals surface area contributed by atoms with Gasteiger partial charge in [0, 0.05) is 18.7 Å². The fraction of sp³-hybridized carbons (Fsp3) is 0.316. The first-order valence-corrected chi connectivity index (χ1v) is 8.28. The van der Waals surface area contributed by atoms with Crippen molar-refractivity contribution in [3.63, 3.8) is 0 Å². The smallest absolute Gasteiger partial charge is 0.329 e. The van der Waals surface area contributed by atoms with Crippen molar-refractivity contribution in [2.45, 2.75) is 26.4 Å². The zero-order valence-electron chi connectivity index (χ0n) is 14.5. The summed E-state index contributed by atoms with van der Waals surface area (Å²) in [6.07, 6.45) is 2.34. The van der Waals surface area contributed by atoms with Crippen molar-refractivity contribution in [2.75, 3.05) is 13.2 Å². The first-order chi connectivity index (χ1) is 12.1. The molecule has 0 fully saturated rings. The van der Waals surface area contributed by atoms with Crippen LogP contribution in [0, 0.1) is 0 Å². The normalized spacial score (nSPS) is 11.2. The second kappa shape index (κ2) is 9.54. The third-order valence-electron chi connectivity index (χ3n) is 3.46. The summed E-state index contributed by atoms with van der Waals surface area (Å²) in [6.45, 7) is 4.81. The van der Waals surface area contributed by atoms with Gasteiger partial charge in [-0.25, -0.2) is 5.43 Å². The average Bonchev–Trinajstić information content (AvgIpc) is 2.61. The van der Waals surface area contributed by atoms with E-state index >= 15 is 0 Å². The summed E-state index contributed by atoms with van der Waals surface area (Å²) in [5.41, 5.74) is 3.11. The molecule has 0 heterocycles. The number of amides is 2. The maximum Gasteiger partial charge on any atom is 0.329 e. The van der Waals surface area contributed by atoms with E-state index in [2.05, 4.69) is 15.8 Å². The van der Waals surface area contributed by atoms with Crippen molar-refractivity contribution in [2.24, 2.45) is 5.10 Å². The highest BCUT2D eigenvalue weighted by atomic mass is 16.5. The summed E-state index contributed by atoms with van der Waals surface area (Å²) in [5, 5.41) is 8.51. The van der Waals surface area contributed by atoms with Gasteiger partial charge < -0.3 is 10.1 Å². The standard InChI is InChI=1S/C19H23N3O3/c1-14(2)25-12-6-11-20-18(23)19(24)22-21-13-16-9-5-8-15-7-3-4-10-17(15)16/h3-5,7-10,13-14H,6,11-12H2,1-2H3,(H,20,23)(H,22,24)/b21-13+. The van der Waals surface area contributed by atoms with Gasteiger partial charge >= 0.3 is 11.8 Å². The van der Waals surface area contributed by atoms with Crippen molar-refractivity contribution in [1.82, 2.24) is 10.7 Å². The Bertz CT molecular complexity index is 751. The Kier molecular flexibility index (Phi) is 7.10. The van der Waals surface area contributed by atoms with Crippen LogP contribution in [0.25, 0.3) is 10.8 Å². The van der Waals surface area contributed by atoms with Crippen LogP contribution in [0.4, 0.5) is 0 Å². The molecule has 0 aromatic heterocycles. The number of benzene rings is 2. The molecule has 6 nitrogen and oxygen atoms in total. The molecular weight excluding hydrogens is 318 g/mol. The van der Waals surface area contributed by atoms with Gasteiger partial charge in [0.25, 0.3) is 0 Å². The molecule has 0 saturated carbocycles. The molecular formula is C19H23N3O3. The van der Waals surface area contributed by atoms with E-state index in [1.807, 2.05) is 56.3 Å². The van der Waals surface area contributed by atoms with Crippen LogP contribution in [0.15, 0.2) is 47.6 Å². The lowest BCUT2D eigenvalue weighted by atomic mass is 10.1. The maximum absolute atomic E-state index is 11.7. The molecule has 132 valence electrons. The molecule has 25 heavy (non-hydrogen) atoms. The molecule has 0 atom stereocenters. The third kappa shape index (κ3) is 6.00. The van der Waals surface area contributed by atoms with Crippen molar-refractivity contribution in [1.29, 1.82) is 0 Å². The Morgan fingerprint density at radius 1 is 1.12 bits per heavy atom. The summed E-state index contributed by atoms with van der Waals surface area (Å²) < 4.78 is 5.36. The lowest BCUT2D eigenvalue weighted by Gasteiger charge is -2.07. The Morgan fingerprint density at radius 2 is 1.88 bits per heavy atom. The van der Waals surface area contributed by atoms with Gasteiger partial charge in [0.1, 0.15) is 0 Å². The van der Waals surface area contributed by atoms with Crippen molar-refractivity contribution in [3.8, 4) is 0 Å². The van der Waals surface area contributed by atoms with Crippen LogP contribution >= 0.6 is 0 Å². The number of nitrogens with one attached hydrogen (secondary N) is 2. The monoisotopic (exact) mass is 341 g/mol. The minimum Gasteiger partial charge on any atom is -0.379 e. The number of nitrogens with zero attached hydrogens (tertiary/aromatic N) is 1. The number of carbonyl (C=O) groups is 2. The van der Waals surface area contributed by atoms with Gasteiger partial charge in [0.15, 0.2) is 0 Å². The number of hydrogen-bond donors (Lipinski definition) is 2. The molecule has 0 saturated heterocycles. The van der Waals surface area contributed by atoms with E-state index in [4.69, 9.17) is 4.74 Å². The molecule has 2 aromatic rings. The number of hydrazone groups is 1. The number of hydrogen-bond acceptors (Lipinski definition) is 4. The first-order valence-electron chi connectivity index (χ1n) is 8.28. The molecule has 0 aliphatic heterocycles. The number of carbonyl (C=O) groups excluding carboxylic acids is 2. The van der Waals surface area contributed by atoms with E-state index in [-0.39, 0.29) is 6.10 Å². The van der Waals surface area contributed by atoms with Crippen molar-refractivity contribution in [3.05, 3.63) is 48.0 Å². The second-order valence-electron chi connectivity index (χ2n) is 5.80. The number of rotatable bonds is 7. The molecule has 2 rings (SSSR count). The Labute approximate surface area is 147 Å². The molecule has 2 amide bonds. The number of fused-ring (bicyclic) bond motifs is 1. The molecule has 2 aromatic carbocycles. The van der Waals surface area contributed by atoms with Gasteiger partial charge in [-0.3, -0.25) is 9.59 Å². The van der Waals surface area contributed by atoms with Crippen LogP contribution in [0.2, 0.25) is 0 Å². The Balaban J connectivity index is 1.80. The maximum atomic E-state index is 11.7. The van der Waals surface area contributed by atoms with Gasteiger partial charge in [-0.05, 0) is 31.0 Å². The summed E-state index contributed by atoms with van der Waals surface area (Å²) in [5.74, 6) is -1.50. The van der Waals surface area contributed by atoms with Gasteiger partial charge in [0.2, 0.25) is 0 Å². The SMILES string of the molecule is CC(C)OCCCNC(=O)C(=O)N/N=C/c1cccc2ccccc12. The summed E-state index contributed by atoms with van der Waals surface area (Å²) in [6, 6.07) is 13.7. The quantitative estimate of drug-likeness (QED) is 0.351. The molecule has 2 N–H and O–H groups in total. The molecule has 0 aliphatic carbocycles. The van der Waals surface area contributed by atoms with Crippen LogP contribution in [0.5, 0.6) is 0 Å². The van der Waals surface area contributed by atoms with Crippen LogP contribution in [-0.4, -0.2) is 37.3 Å². The molecule has 0 spiro atoms. The molecule has 0 bridgehead atoms. The van der Waals surface area contributed by atoms with E-state index in [9.17, 15) is 9.59 Å². The molecule has 0 radical (unpaired) electrons. The van der Waals surface area contributed by atoms with Crippen molar-refractivity contribution >= 4 is 28.8 Å². The fourth-order valence-corrected chi connectivity index (χ4v) is 2.25. The van der Waals surface area contributed by atoms with Crippen LogP contribution in [-0.2, 0) is 14.3 Å². The Morgan fingerprint density at radius 3 is 2.68 bits per heavy atom. The van der Waals surface area contributed by atoms with Gasteiger partial charge in [-0.15, -0.1) is 0 Å². The van der Waals surface area contributed by atoms with E-state index in [0.717, 1.165) is 16.3 Å². The highest BCUT2D eigenvalue weighted by Crippen LogP contribution is 2.16. The molecule has 6 heteroatoms. The third-order valence-corrected chi connectivity index (χ3v) is 3.46. The average molecular weight is 341 g/mol. The van der Waals surface area contributed by atoms with E-state index in [0.29, 0.717) is 19.6 Å². The summed E-state index contributed by atoms with van der Waals surface area (Å²) >= 11 is 0. The van der Waals surface area contributed by atoms with Crippen molar-refractivity contribution < 1.29 is 14.3 Å². The topological polar surface area (TPSA) is 79.8 Å².